The molecule has 0 aromatic rings. The van der Waals surface area contributed by atoms with Crippen molar-refractivity contribution in [3.63, 3.8) is 0 Å². The Kier molecular flexibility index (Phi) is 3.88. The quantitative estimate of drug-likeness (QED) is 0.640. The summed E-state index contributed by atoms with van der Waals surface area (Å²) in [6.45, 7) is 1.03. The van der Waals surface area contributed by atoms with Gasteiger partial charge in [-0.05, 0) is 12.8 Å². The molecule has 1 atom stereocenters. The Morgan fingerprint density at radius 1 is 1.71 bits per heavy atom. The van der Waals surface area contributed by atoms with Gasteiger partial charge in [0.2, 0.25) is 5.91 Å². The van der Waals surface area contributed by atoms with Crippen molar-refractivity contribution in [1.82, 2.24) is 4.90 Å². The van der Waals surface area contributed by atoms with Crippen molar-refractivity contribution in [2.24, 2.45) is 0 Å². The molecular formula is C9H15NO4. The van der Waals surface area contributed by atoms with Crippen LogP contribution in [0.1, 0.15) is 19.3 Å². The smallest absolute Gasteiger partial charge is 0.326 e. The van der Waals surface area contributed by atoms with Gasteiger partial charge in [0.15, 0.2) is 0 Å². The van der Waals surface area contributed by atoms with Crippen LogP contribution < -0.4 is 0 Å². The number of aliphatic carboxylic acids is 1. The first-order valence-electron chi connectivity index (χ1n) is 4.68. The number of carbonyl (C=O) groups is 2. The largest absolute Gasteiger partial charge is 0.480 e. The van der Waals surface area contributed by atoms with Crippen LogP contribution in [0.3, 0.4) is 0 Å². The van der Waals surface area contributed by atoms with E-state index in [9.17, 15) is 9.59 Å². The first kappa shape index (κ1) is 11.0. The Labute approximate surface area is 82.6 Å². The number of ether oxygens (including phenoxy) is 1. The van der Waals surface area contributed by atoms with E-state index in [2.05, 4.69) is 0 Å². The summed E-state index contributed by atoms with van der Waals surface area (Å²) in [4.78, 5) is 23.5. The normalized spacial score (nSPS) is 21.6. The fourth-order valence-corrected chi connectivity index (χ4v) is 1.65. The minimum Gasteiger partial charge on any atom is -0.480 e. The van der Waals surface area contributed by atoms with Crippen LogP contribution in [0.15, 0.2) is 0 Å². The van der Waals surface area contributed by atoms with Gasteiger partial charge in [-0.2, -0.15) is 0 Å². The number of carboxylic acids is 1. The van der Waals surface area contributed by atoms with E-state index in [1.54, 1.807) is 7.11 Å². The van der Waals surface area contributed by atoms with Gasteiger partial charge in [0.05, 0.1) is 0 Å². The molecule has 1 unspecified atom stereocenters. The molecule has 0 aromatic carbocycles. The Balaban J connectivity index is 2.45. The van der Waals surface area contributed by atoms with Crippen LogP contribution in [0, 0.1) is 0 Å². The summed E-state index contributed by atoms with van der Waals surface area (Å²) < 4.78 is 4.85. The predicted octanol–water partition coefficient (Wildman–Crippen LogP) is 0.0985. The Hall–Kier alpha value is -1.10. The Morgan fingerprint density at radius 3 is 3.00 bits per heavy atom. The molecule has 1 saturated heterocycles. The molecule has 1 heterocycles. The lowest BCUT2D eigenvalue weighted by Crippen LogP contribution is -2.39. The van der Waals surface area contributed by atoms with E-state index < -0.39 is 12.0 Å². The maximum absolute atomic E-state index is 11.3. The fourth-order valence-electron chi connectivity index (χ4n) is 1.65. The minimum atomic E-state index is -0.909. The van der Waals surface area contributed by atoms with Crippen molar-refractivity contribution in [3.8, 4) is 0 Å². The summed E-state index contributed by atoms with van der Waals surface area (Å²) in [7, 11) is 1.58. The minimum absolute atomic E-state index is 0.0616. The molecule has 0 bridgehead atoms. The van der Waals surface area contributed by atoms with Crippen LogP contribution in [0.2, 0.25) is 0 Å². The molecule has 80 valence electrons. The standard InChI is InChI=1S/C9H15NO4/c1-14-6-2-5-10-7(9(12)13)3-4-8(10)11/h7H,2-6H2,1H3,(H,12,13). The third-order valence-corrected chi connectivity index (χ3v) is 2.36. The first-order valence-corrected chi connectivity index (χ1v) is 4.68. The van der Waals surface area contributed by atoms with E-state index in [0.29, 0.717) is 32.4 Å². The van der Waals surface area contributed by atoms with Gasteiger partial charge in [-0.15, -0.1) is 0 Å². The van der Waals surface area contributed by atoms with E-state index in [0.717, 1.165) is 0 Å². The van der Waals surface area contributed by atoms with Crippen LogP contribution in [-0.4, -0.2) is 48.2 Å². The predicted molar refractivity (Wildman–Crippen MR) is 48.9 cm³/mol. The first-order chi connectivity index (χ1) is 6.66. The zero-order valence-corrected chi connectivity index (χ0v) is 8.23. The lowest BCUT2D eigenvalue weighted by molar-refractivity contribution is -0.146. The lowest BCUT2D eigenvalue weighted by atomic mass is 10.2. The summed E-state index contributed by atoms with van der Waals surface area (Å²) in [5, 5.41) is 8.83. The monoisotopic (exact) mass is 201 g/mol. The summed E-state index contributed by atoms with van der Waals surface area (Å²) >= 11 is 0. The van der Waals surface area contributed by atoms with Crippen molar-refractivity contribution >= 4 is 11.9 Å². The van der Waals surface area contributed by atoms with E-state index in [4.69, 9.17) is 9.84 Å². The zero-order chi connectivity index (χ0) is 10.6. The average Bonchev–Trinajstić information content (AvgIpc) is 2.48. The van der Waals surface area contributed by atoms with Crippen LogP contribution in [0.25, 0.3) is 0 Å². The summed E-state index contributed by atoms with van der Waals surface area (Å²) in [6.07, 6.45) is 1.47. The molecule has 1 aliphatic rings. The highest BCUT2D eigenvalue weighted by Gasteiger charge is 2.35. The number of carbonyl (C=O) groups excluding carboxylic acids is 1. The molecule has 1 rings (SSSR count). The second-order valence-electron chi connectivity index (χ2n) is 3.33. The molecule has 1 N–H and O–H groups in total. The van der Waals surface area contributed by atoms with E-state index in [1.807, 2.05) is 0 Å². The third-order valence-electron chi connectivity index (χ3n) is 2.36. The molecule has 1 fully saturated rings. The number of methoxy groups -OCH3 is 1. The van der Waals surface area contributed by atoms with Gasteiger partial charge in [0.1, 0.15) is 6.04 Å². The number of hydrogen-bond acceptors (Lipinski definition) is 3. The van der Waals surface area contributed by atoms with E-state index in [-0.39, 0.29) is 5.91 Å². The number of rotatable bonds is 5. The van der Waals surface area contributed by atoms with E-state index in [1.165, 1.54) is 4.90 Å². The van der Waals surface area contributed by atoms with Gasteiger partial charge < -0.3 is 14.7 Å². The highest BCUT2D eigenvalue weighted by Crippen LogP contribution is 2.18. The third kappa shape index (κ3) is 2.45. The second kappa shape index (κ2) is 4.95. The maximum atomic E-state index is 11.3. The van der Waals surface area contributed by atoms with Crippen molar-refractivity contribution in [3.05, 3.63) is 0 Å². The molecule has 0 radical (unpaired) electrons. The second-order valence-corrected chi connectivity index (χ2v) is 3.33. The van der Waals surface area contributed by atoms with Crippen LogP contribution >= 0.6 is 0 Å². The van der Waals surface area contributed by atoms with Gasteiger partial charge in [-0.3, -0.25) is 4.79 Å². The van der Waals surface area contributed by atoms with Gasteiger partial charge in [0.25, 0.3) is 0 Å². The van der Waals surface area contributed by atoms with Crippen molar-refractivity contribution < 1.29 is 19.4 Å². The van der Waals surface area contributed by atoms with E-state index >= 15 is 0 Å². The molecular weight excluding hydrogens is 186 g/mol. The Bertz CT molecular complexity index is 229. The number of likely N-dealkylation sites (tertiary alicyclic amines) is 1. The van der Waals surface area contributed by atoms with Crippen LogP contribution in [0.4, 0.5) is 0 Å². The molecule has 0 spiro atoms. The lowest BCUT2D eigenvalue weighted by Gasteiger charge is -2.21. The molecule has 14 heavy (non-hydrogen) atoms. The molecule has 5 heteroatoms. The number of amides is 1. The highest BCUT2D eigenvalue weighted by atomic mass is 16.5. The van der Waals surface area contributed by atoms with Gasteiger partial charge >= 0.3 is 5.97 Å². The highest BCUT2D eigenvalue weighted by molar-refractivity contribution is 5.87. The maximum Gasteiger partial charge on any atom is 0.326 e. The summed E-state index contributed by atoms with van der Waals surface area (Å²) in [5.41, 5.74) is 0. The van der Waals surface area contributed by atoms with Crippen LogP contribution in [0.5, 0.6) is 0 Å². The molecule has 1 amide bonds. The number of carboxylic acid groups (broad SMARTS) is 1. The number of hydrogen-bond donors (Lipinski definition) is 1. The average molecular weight is 201 g/mol. The molecule has 1 aliphatic heterocycles. The van der Waals surface area contributed by atoms with Gasteiger partial charge in [0, 0.05) is 26.7 Å². The van der Waals surface area contributed by atoms with Crippen molar-refractivity contribution in [1.29, 1.82) is 0 Å². The molecule has 5 nitrogen and oxygen atoms in total. The molecule has 0 saturated carbocycles. The Morgan fingerprint density at radius 2 is 2.43 bits per heavy atom. The number of nitrogens with zero attached hydrogens (tertiary/aromatic N) is 1. The SMILES string of the molecule is COCCCN1C(=O)CCC1C(=O)O. The van der Waals surface area contributed by atoms with Gasteiger partial charge in [-0.1, -0.05) is 0 Å². The fraction of sp³-hybridized carbons (Fsp3) is 0.778. The topological polar surface area (TPSA) is 66.8 Å². The van der Waals surface area contributed by atoms with Crippen LogP contribution in [-0.2, 0) is 14.3 Å². The van der Waals surface area contributed by atoms with Gasteiger partial charge in [-0.25, -0.2) is 4.79 Å². The molecule has 0 aliphatic carbocycles. The summed E-state index contributed by atoms with van der Waals surface area (Å²) in [5.74, 6) is -0.971. The summed E-state index contributed by atoms with van der Waals surface area (Å²) in [6, 6.07) is -0.626. The zero-order valence-electron chi connectivity index (χ0n) is 8.23. The molecule has 0 aromatic heterocycles. The van der Waals surface area contributed by atoms with Crippen molar-refractivity contribution in [2.45, 2.75) is 25.3 Å². The van der Waals surface area contributed by atoms with Crippen molar-refractivity contribution in [2.75, 3.05) is 20.3 Å².